The number of aromatic nitrogens is 2. The van der Waals surface area contributed by atoms with E-state index >= 15 is 0 Å². The van der Waals surface area contributed by atoms with Crippen molar-refractivity contribution >= 4 is 16.0 Å². The second-order valence-electron chi connectivity index (χ2n) is 5.33. The van der Waals surface area contributed by atoms with E-state index in [2.05, 4.69) is 28.7 Å². The minimum atomic E-state index is -3.71. The topological polar surface area (TPSA) is 89.2 Å². The lowest BCUT2D eigenvalue weighted by molar-refractivity contribution is 0.310. The van der Waals surface area contributed by atoms with Crippen molar-refractivity contribution in [3.8, 4) is 0 Å². The molecule has 1 aromatic rings. The van der Waals surface area contributed by atoms with E-state index in [4.69, 9.17) is 5.14 Å². The Balaban J connectivity index is 2.04. The molecule has 1 aromatic heterocycles. The number of hydrogen-bond acceptors (Lipinski definition) is 5. The zero-order valence-electron chi connectivity index (χ0n) is 11.3. The maximum atomic E-state index is 11.1. The predicted octanol–water partition coefficient (Wildman–Crippen LogP) is 0.996. The van der Waals surface area contributed by atoms with E-state index in [9.17, 15) is 8.42 Å². The van der Waals surface area contributed by atoms with E-state index in [1.165, 1.54) is 12.4 Å². The summed E-state index contributed by atoms with van der Waals surface area (Å²) in [6.07, 6.45) is 4.79. The molecule has 1 aliphatic rings. The van der Waals surface area contributed by atoms with E-state index in [1.807, 2.05) is 0 Å². The molecule has 0 amide bonds. The van der Waals surface area contributed by atoms with Crippen molar-refractivity contribution in [2.45, 2.75) is 31.6 Å². The van der Waals surface area contributed by atoms with Gasteiger partial charge in [0, 0.05) is 13.1 Å². The van der Waals surface area contributed by atoms with E-state index in [-0.39, 0.29) is 4.90 Å². The molecule has 0 aliphatic carbocycles. The lowest BCUT2D eigenvalue weighted by Gasteiger charge is -2.33. The maximum Gasteiger partial charge on any atom is 0.241 e. The molecule has 0 unspecified atom stereocenters. The van der Waals surface area contributed by atoms with Crippen LogP contribution in [0.4, 0.5) is 5.95 Å². The van der Waals surface area contributed by atoms with Gasteiger partial charge in [-0.25, -0.2) is 23.5 Å². The highest BCUT2D eigenvalue weighted by molar-refractivity contribution is 7.89. The van der Waals surface area contributed by atoms with Crippen molar-refractivity contribution in [2.75, 3.05) is 18.0 Å². The van der Waals surface area contributed by atoms with Gasteiger partial charge in [-0.05, 0) is 24.7 Å². The molecule has 6 nitrogen and oxygen atoms in total. The third-order valence-electron chi connectivity index (χ3n) is 3.71. The molecule has 2 N–H and O–H groups in total. The summed E-state index contributed by atoms with van der Waals surface area (Å²) in [7, 11) is -3.71. The van der Waals surface area contributed by atoms with Gasteiger partial charge < -0.3 is 4.90 Å². The number of sulfonamides is 1. The Morgan fingerprint density at radius 2 is 1.79 bits per heavy atom. The Hall–Kier alpha value is -1.21. The maximum absolute atomic E-state index is 11.1. The summed E-state index contributed by atoms with van der Waals surface area (Å²) < 4.78 is 22.2. The molecule has 0 saturated carbocycles. The molecule has 0 atom stereocenters. The first-order valence-corrected chi connectivity index (χ1v) is 8.02. The quantitative estimate of drug-likeness (QED) is 0.894. The second kappa shape index (κ2) is 5.42. The minimum Gasteiger partial charge on any atom is -0.341 e. The predicted molar refractivity (Wildman–Crippen MR) is 73.2 cm³/mol. The number of piperidine rings is 1. The molecule has 0 aromatic carbocycles. The van der Waals surface area contributed by atoms with Crippen LogP contribution in [0.25, 0.3) is 0 Å². The van der Waals surface area contributed by atoms with Crippen LogP contribution in [0.15, 0.2) is 17.3 Å². The fourth-order valence-corrected chi connectivity index (χ4v) is 2.78. The number of nitrogens with zero attached hydrogens (tertiary/aromatic N) is 3. The van der Waals surface area contributed by atoms with Crippen molar-refractivity contribution in [1.29, 1.82) is 0 Å². The van der Waals surface area contributed by atoms with Crippen molar-refractivity contribution < 1.29 is 8.42 Å². The molecular weight excluding hydrogens is 264 g/mol. The van der Waals surface area contributed by atoms with E-state index in [1.54, 1.807) is 0 Å². The van der Waals surface area contributed by atoms with Gasteiger partial charge in [-0.15, -0.1) is 0 Å². The molecule has 0 radical (unpaired) electrons. The molecule has 1 aliphatic heterocycles. The van der Waals surface area contributed by atoms with Crippen LogP contribution in [0.1, 0.15) is 26.7 Å². The van der Waals surface area contributed by atoms with Crippen LogP contribution in [0.2, 0.25) is 0 Å². The largest absolute Gasteiger partial charge is 0.341 e. The third kappa shape index (κ3) is 3.42. The van der Waals surface area contributed by atoms with Gasteiger partial charge in [-0.1, -0.05) is 13.8 Å². The molecular formula is C12H20N4O2S. The first-order valence-electron chi connectivity index (χ1n) is 6.47. The monoisotopic (exact) mass is 284 g/mol. The van der Waals surface area contributed by atoms with E-state index in [0.717, 1.165) is 31.8 Å². The van der Waals surface area contributed by atoms with Crippen molar-refractivity contribution in [1.82, 2.24) is 9.97 Å². The van der Waals surface area contributed by atoms with Gasteiger partial charge in [0.2, 0.25) is 16.0 Å². The van der Waals surface area contributed by atoms with Gasteiger partial charge in [0.25, 0.3) is 0 Å². The van der Waals surface area contributed by atoms with Gasteiger partial charge in [-0.2, -0.15) is 0 Å². The van der Waals surface area contributed by atoms with Gasteiger partial charge in [-0.3, -0.25) is 0 Å². The van der Waals surface area contributed by atoms with Gasteiger partial charge in [0.1, 0.15) is 4.90 Å². The zero-order valence-corrected chi connectivity index (χ0v) is 12.1. The Morgan fingerprint density at radius 1 is 1.26 bits per heavy atom. The molecule has 1 saturated heterocycles. The SMILES string of the molecule is CC(C)C1CCN(c2ncc(S(N)(=O)=O)cn2)CC1. The minimum absolute atomic E-state index is 0.0479. The summed E-state index contributed by atoms with van der Waals surface area (Å²) in [5, 5.41) is 5.02. The Morgan fingerprint density at radius 3 is 2.21 bits per heavy atom. The highest BCUT2D eigenvalue weighted by Gasteiger charge is 2.23. The normalized spacial score (nSPS) is 18.0. The summed E-state index contributed by atoms with van der Waals surface area (Å²) in [6, 6.07) is 0. The van der Waals surface area contributed by atoms with E-state index in [0.29, 0.717) is 11.9 Å². The number of rotatable bonds is 3. The molecule has 0 spiro atoms. The molecule has 19 heavy (non-hydrogen) atoms. The van der Waals surface area contributed by atoms with Gasteiger partial charge in [0.15, 0.2) is 0 Å². The van der Waals surface area contributed by atoms with Crippen molar-refractivity contribution in [3.63, 3.8) is 0 Å². The smallest absolute Gasteiger partial charge is 0.241 e. The zero-order chi connectivity index (χ0) is 14.0. The Labute approximate surface area is 114 Å². The lowest BCUT2D eigenvalue weighted by Crippen LogP contribution is -2.36. The van der Waals surface area contributed by atoms with Crippen molar-refractivity contribution in [3.05, 3.63) is 12.4 Å². The molecule has 7 heteroatoms. The Bertz CT molecular complexity index is 519. The van der Waals surface area contributed by atoms with Gasteiger partial charge in [0.05, 0.1) is 12.4 Å². The summed E-state index contributed by atoms with van der Waals surface area (Å²) in [4.78, 5) is 10.2. The van der Waals surface area contributed by atoms with Crippen LogP contribution in [-0.4, -0.2) is 31.5 Å². The first-order chi connectivity index (χ1) is 8.88. The fourth-order valence-electron chi connectivity index (χ4n) is 2.39. The summed E-state index contributed by atoms with van der Waals surface area (Å²) in [6.45, 7) is 6.32. The van der Waals surface area contributed by atoms with Crippen LogP contribution in [0.5, 0.6) is 0 Å². The number of nitrogens with two attached hydrogens (primary N) is 1. The summed E-state index contributed by atoms with van der Waals surface area (Å²) in [5.41, 5.74) is 0. The van der Waals surface area contributed by atoms with Crippen molar-refractivity contribution in [2.24, 2.45) is 17.0 Å². The lowest BCUT2D eigenvalue weighted by atomic mass is 9.87. The Kier molecular flexibility index (Phi) is 4.05. The standard InChI is InChI=1S/C12H20N4O2S/c1-9(2)10-3-5-16(6-4-10)12-14-7-11(8-15-12)19(13,17)18/h7-10H,3-6H2,1-2H3,(H2,13,17,18). The summed E-state index contributed by atoms with van der Waals surface area (Å²) >= 11 is 0. The van der Waals surface area contributed by atoms with Crippen LogP contribution >= 0.6 is 0 Å². The number of hydrogen-bond donors (Lipinski definition) is 1. The second-order valence-corrected chi connectivity index (χ2v) is 6.89. The average Bonchev–Trinajstić information content (AvgIpc) is 2.38. The third-order valence-corrected chi connectivity index (χ3v) is 4.58. The van der Waals surface area contributed by atoms with Gasteiger partial charge >= 0.3 is 0 Å². The van der Waals surface area contributed by atoms with Crippen LogP contribution in [-0.2, 0) is 10.0 Å². The van der Waals surface area contributed by atoms with Crippen LogP contribution in [0.3, 0.4) is 0 Å². The van der Waals surface area contributed by atoms with E-state index < -0.39 is 10.0 Å². The number of primary sulfonamides is 1. The summed E-state index contributed by atoms with van der Waals surface area (Å²) in [5.74, 6) is 2.03. The highest BCUT2D eigenvalue weighted by Crippen LogP contribution is 2.26. The average molecular weight is 284 g/mol. The molecule has 106 valence electrons. The van der Waals surface area contributed by atoms with Crippen LogP contribution in [0, 0.1) is 11.8 Å². The molecule has 2 rings (SSSR count). The fraction of sp³-hybridized carbons (Fsp3) is 0.667. The molecule has 2 heterocycles. The number of anilines is 1. The highest BCUT2D eigenvalue weighted by atomic mass is 32.2. The molecule has 0 bridgehead atoms. The van der Waals surface area contributed by atoms with Crippen LogP contribution < -0.4 is 10.0 Å². The molecule has 1 fully saturated rings. The first kappa shape index (κ1) is 14.2.